The largest absolute Gasteiger partial charge is 0.396 e. The quantitative estimate of drug-likeness (QED) is 0.478. The van der Waals surface area contributed by atoms with Gasteiger partial charge in [0.25, 0.3) is 0 Å². The number of hydrogen-bond acceptors (Lipinski definition) is 3. The molecule has 0 radical (unpaired) electrons. The van der Waals surface area contributed by atoms with E-state index in [0.29, 0.717) is 36.2 Å². The molecule has 33 heavy (non-hydrogen) atoms. The van der Waals surface area contributed by atoms with E-state index < -0.39 is 6.10 Å². The standard InChI is InChI=1S/C30H50O3/c1-19-24(33)20(32)16-22-26(19,4)9-8-21-27(22,5)11-12-29(7)23-17-25(2,3)10-14-30(23,18-31)15-13-28(21,29)6/h19-23,31-32H,8-18H2,1-7H3. The van der Waals surface area contributed by atoms with E-state index in [1.807, 2.05) is 0 Å². The van der Waals surface area contributed by atoms with Crippen LogP contribution < -0.4 is 0 Å². The fourth-order valence-corrected chi connectivity index (χ4v) is 11.2. The number of Topliss-reactive ketones (excluding diaryl/α,β-unsaturated/α-hetero) is 1. The van der Waals surface area contributed by atoms with Gasteiger partial charge in [-0.25, -0.2) is 0 Å². The Hall–Kier alpha value is -0.410. The van der Waals surface area contributed by atoms with Crippen molar-refractivity contribution in [2.75, 3.05) is 6.61 Å². The third kappa shape index (κ3) is 2.90. The van der Waals surface area contributed by atoms with E-state index in [1.54, 1.807) is 0 Å². The van der Waals surface area contributed by atoms with E-state index in [4.69, 9.17) is 0 Å². The van der Waals surface area contributed by atoms with Crippen LogP contribution in [0.2, 0.25) is 0 Å². The molecule has 188 valence electrons. The lowest BCUT2D eigenvalue weighted by Crippen LogP contribution is -2.69. The Labute approximate surface area is 202 Å². The number of carbonyl (C=O) groups is 1. The van der Waals surface area contributed by atoms with Gasteiger partial charge in [0.05, 0.1) is 0 Å². The van der Waals surface area contributed by atoms with Crippen LogP contribution in [0.5, 0.6) is 0 Å². The molecule has 10 unspecified atom stereocenters. The molecule has 5 rings (SSSR count). The SMILES string of the molecule is CC1C(=O)C(O)CC2C1(C)CCC1C2(C)CCC2(C)C3CC(C)(C)CCC3(CO)CCC12C. The summed E-state index contributed by atoms with van der Waals surface area (Å²) in [5, 5.41) is 21.5. The van der Waals surface area contributed by atoms with Gasteiger partial charge >= 0.3 is 0 Å². The second kappa shape index (κ2) is 7.09. The van der Waals surface area contributed by atoms with Gasteiger partial charge in [-0.15, -0.1) is 0 Å². The summed E-state index contributed by atoms with van der Waals surface area (Å²) in [6.07, 6.45) is 10.7. The molecule has 5 aliphatic carbocycles. The average molecular weight is 459 g/mol. The summed E-state index contributed by atoms with van der Waals surface area (Å²) in [6, 6.07) is 0. The first-order chi connectivity index (χ1) is 15.2. The maximum atomic E-state index is 12.8. The number of carbonyl (C=O) groups excluding carboxylic acids is 1. The van der Waals surface area contributed by atoms with E-state index in [0.717, 1.165) is 6.42 Å². The zero-order chi connectivity index (χ0) is 24.2. The van der Waals surface area contributed by atoms with Gasteiger partial charge in [0, 0.05) is 12.5 Å². The van der Waals surface area contributed by atoms with Crippen LogP contribution >= 0.6 is 0 Å². The average Bonchev–Trinajstić information content (AvgIpc) is 2.76. The third-order valence-electron chi connectivity index (χ3n) is 13.8. The molecule has 0 heterocycles. The van der Waals surface area contributed by atoms with Crippen molar-refractivity contribution in [2.24, 2.45) is 56.2 Å². The lowest BCUT2D eigenvalue weighted by atomic mass is 9.30. The third-order valence-corrected chi connectivity index (χ3v) is 13.8. The molecule has 0 saturated heterocycles. The van der Waals surface area contributed by atoms with Gasteiger partial charge in [0.1, 0.15) is 6.10 Å². The summed E-state index contributed by atoms with van der Waals surface area (Å²) in [5.41, 5.74) is 1.18. The lowest BCUT2D eigenvalue weighted by Gasteiger charge is -2.75. The molecule has 5 fully saturated rings. The molecule has 3 heteroatoms. The normalized spacial score (nSPS) is 58.0. The predicted molar refractivity (Wildman–Crippen MR) is 133 cm³/mol. The van der Waals surface area contributed by atoms with Crippen LogP contribution in [0, 0.1) is 56.2 Å². The molecule has 3 nitrogen and oxygen atoms in total. The number of hydrogen-bond donors (Lipinski definition) is 2. The maximum absolute atomic E-state index is 12.8. The van der Waals surface area contributed by atoms with Crippen molar-refractivity contribution in [2.45, 2.75) is 119 Å². The van der Waals surface area contributed by atoms with Gasteiger partial charge in [0.2, 0.25) is 0 Å². The molecular weight excluding hydrogens is 408 g/mol. The molecule has 10 atom stereocenters. The highest BCUT2D eigenvalue weighted by atomic mass is 16.3. The van der Waals surface area contributed by atoms with Crippen molar-refractivity contribution in [3.63, 3.8) is 0 Å². The predicted octanol–water partition coefficient (Wildman–Crippen LogP) is 6.40. The number of fused-ring (bicyclic) bond motifs is 7. The molecular formula is C30H50O3. The van der Waals surface area contributed by atoms with Crippen LogP contribution in [0.4, 0.5) is 0 Å². The summed E-state index contributed by atoms with van der Waals surface area (Å²) in [7, 11) is 0. The molecule has 0 aliphatic heterocycles. The first-order valence-corrected chi connectivity index (χ1v) is 14.0. The van der Waals surface area contributed by atoms with Crippen LogP contribution in [-0.2, 0) is 4.79 Å². The highest BCUT2D eigenvalue weighted by Gasteiger charge is 2.71. The molecule has 0 aromatic rings. The molecule has 0 aromatic heterocycles. The van der Waals surface area contributed by atoms with Crippen molar-refractivity contribution in [1.82, 2.24) is 0 Å². The van der Waals surface area contributed by atoms with Gasteiger partial charge in [-0.2, -0.15) is 0 Å². The zero-order valence-corrected chi connectivity index (χ0v) is 22.5. The summed E-state index contributed by atoms with van der Waals surface area (Å²) < 4.78 is 0. The van der Waals surface area contributed by atoms with Gasteiger partial charge in [0.15, 0.2) is 5.78 Å². The van der Waals surface area contributed by atoms with E-state index >= 15 is 0 Å². The van der Waals surface area contributed by atoms with E-state index in [2.05, 4.69) is 48.5 Å². The van der Waals surface area contributed by atoms with Crippen molar-refractivity contribution >= 4 is 5.78 Å². The Balaban J connectivity index is 1.56. The van der Waals surface area contributed by atoms with E-state index in [-0.39, 0.29) is 38.8 Å². The van der Waals surface area contributed by atoms with Gasteiger partial charge in [-0.1, -0.05) is 48.5 Å². The van der Waals surface area contributed by atoms with Crippen LogP contribution in [0.1, 0.15) is 113 Å². The second-order valence-corrected chi connectivity index (χ2v) is 15.3. The Morgan fingerprint density at radius 2 is 1.39 bits per heavy atom. The lowest BCUT2D eigenvalue weighted by molar-refractivity contribution is -0.265. The molecule has 0 aromatic carbocycles. The highest BCUT2D eigenvalue weighted by Crippen LogP contribution is 2.78. The minimum Gasteiger partial charge on any atom is -0.396 e. The number of aliphatic hydroxyl groups is 2. The van der Waals surface area contributed by atoms with Crippen molar-refractivity contribution in [1.29, 1.82) is 0 Å². The maximum Gasteiger partial charge on any atom is 0.164 e. The van der Waals surface area contributed by atoms with E-state index in [9.17, 15) is 15.0 Å². The summed E-state index contributed by atoms with van der Waals surface area (Å²) in [5.74, 6) is 1.68. The minimum atomic E-state index is -0.776. The van der Waals surface area contributed by atoms with Gasteiger partial charge < -0.3 is 10.2 Å². The fraction of sp³-hybridized carbons (Fsp3) is 0.967. The molecule has 0 bridgehead atoms. The molecule has 5 aliphatic rings. The van der Waals surface area contributed by atoms with Crippen molar-refractivity contribution in [3.8, 4) is 0 Å². The monoisotopic (exact) mass is 458 g/mol. The smallest absolute Gasteiger partial charge is 0.164 e. The Morgan fingerprint density at radius 1 is 0.788 bits per heavy atom. The van der Waals surface area contributed by atoms with E-state index in [1.165, 1.54) is 51.4 Å². The van der Waals surface area contributed by atoms with Crippen molar-refractivity contribution < 1.29 is 15.0 Å². The van der Waals surface area contributed by atoms with Crippen LogP contribution in [0.15, 0.2) is 0 Å². The number of aliphatic hydroxyl groups excluding tert-OH is 2. The van der Waals surface area contributed by atoms with Crippen LogP contribution in [0.25, 0.3) is 0 Å². The van der Waals surface area contributed by atoms with Crippen LogP contribution in [-0.4, -0.2) is 28.7 Å². The van der Waals surface area contributed by atoms with Crippen molar-refractivity contribution in [3.05, 3.63) is 0 Å². The summed E-state index contributed by atoms with van der Waals surface area (Å²) >= 11 is 0. The molecule has 2 N–H and O–H groups in total. The Kier molecular flexibility index (Phi) is 5.22. The zero-order valence-electron chi connectivity index (χ0n) is 22.5. The van der Waals surface area contributed by atoms with Gasteiger partial charge in [-0.3, -0.25) is 4.79 Å². The fourth-order valence-electron chi connectivity index (χ4n) is 11.2. The van der Waals surface area contributed by atoms with Gasteiger partial charge in [-0.05, 0) is 114 Å². The first-order valence-electron chi connectivity index (χ1n) is 14.0. The molecule has 0 spiro atoms. The summed E-state index contributed by atoms with van der Waals surface area (Å²) in [4.78, 5) is 12.8. The van der Waals surface area contributed by atoms with Crippen LogP contribution in [0.3, 0.4) is 0 Å². The number of rotatable bonds is 1. The molecule has 5 saturated carbocycles. The first kappa shape index (κ1) is 24.3. The number of ketones is 1. The topological polar surface area (TPSA) is 57.5 Å². The Bertz CT molecular complexity index is 834. The summed E-state index contributed by atoms with van der Waals surface area (Å²) in [6.45, 7) is 17.5. The molecule has 0 amide bonds. The Morgan fingerprint density at radius 3 is 2.06 bits per heavy atom. The highest BCUT2D eigenvalue weighted by molar-refractivity contribution is 5.86. The second-order valence-electron chi connectivity index (χ2n) is 15.3. The minimum absolute atomic E-state index is 0.0159.